The lowest BCUT2D eigenvalue weighted by Crippen LogP contribution is -1.98. The minimum atomic E-state index is 0.896. The molecule has 0 saturated heterocycles. The van der Waals surface area contributed by atoms with Gasteiger partial charge in [0.25, 0.3) is 0 Å². The summed E-state index contributed by atoms with van der Waals surface area (Å²) in [5.41, 5.74) is 7.54. The van der Waals surface area contributed by atoms with Crippen molar-refractivity contribution in [3.63, 3.8) is 0 Å². The van der Waals surface area contributed by atoms with Gasteiger partial charge < -0.3 is 0 Å². The van der Waals surface area contributed by atoms with E-state index in [-0.39, 0.29) is 0 Å². The minimum Gasteiger partial charge on any atom is -0.233 e. The molecule has 23 heavy (non-hydrogen) atoms. The van der Waals surface area contributed by atoms with E-state index in [2.05, 4.69) is 54.5 Å². The molecule has 0 spiro atoms. The molecule has 2 aromatic heterocycles. The SMILES string of the molecule is Cc1ccc(-c2cnn3c(-c4ccccc4)cc(C)nc23)cc1. The van der Waals surface area contributed by atoms with Gasteiger partial charge in [-0.1, -0.05) is 60.2 Å². The molecule has 0 atom stereocenters. The number of aromatic nitrogens is 3. The highest BCUT2D eigenvalue weighted by atomic mass is 15.3. The maximum Gasteiger partial charge on any atom is 0.163 e. The van der Waals surface area contributed by atoms with Crippen LogP contribution >= 0.6 is 0 Å². The van der Waals surface area contributed by atoms with Crippen molar-refractivity contribution in [2.75, 3.05) is 0 Å². The van der Waals surface area contributed by atoms with Gasteiger partial charge in [0, 0.05) is 16.8 Å². The van der Waals surface area contributed by atoms with Gasteiger partial charge in [0.1, 0.15) is 0 Å². The number of benzene rings is 2. The van der Waals surface area contributed by atoms with Crippen LogP contribution in [0.5, 0.6) is 0 Å². The zero-order valence-corrected chi connectivity index (χ0v) is 13.2. The summed E-state index contributed by atoms with van der Waals surface area (Å²) in [6, 6.07) is 20.9. The number of hydrogen-bond donors (Lipinski definition) is 0. The second kappa shape index (κ2) is 5.36. The van der Waals surface area contributed by atoms with Gasteiger partial charge in [-0.05, 0) is 25.5 Å². The highest BCUT2D eigenvalue weighted by molar-refractivity contribution is 5.79. The molecule has 0 aliphatic carbocycles. The summed E-state index contributed by atoms with van der Waals surface area (Å²) in [6.07, 6.45) is 1.90. The first-order valence-electron chi connectivity index (χ1n) is 7.70. The molecule has 0 amide bonds. The van der Waals surface area contributed by atoms with Gasteiger partial charge in [-0.2, -0.15) is 5.10 Å². The Kier molecular flexibility index (Phi) is 3.19. The van der Waals surface area contributed by atoms with Gasteiger partial charge in [-0.3, -0.25) is 0 Å². The van der Waals surface area contributed by atoms with Crippen molar-refractivity contribution in [1.29, 1.82) is 0 Å². The summed E-state index contributed by atoms with van der Waals surface area (Å²) in [5, 5.41) is 4.59. The van der Waals surface area contributed by atoms with E-state index < -0.39 is 0 Å². The molecule has 2 heterocycles. The van der Waals surface area contributed by atoms with E-state index in [1.54, 1.807) is 0 Å². The highest BCUT2D eigenvalue weighted by Crippen LogP contribution is 2.28. The first-order chi connectivity index (χ1) is 11.2. The predicted octanol–water partition coefficient (Wildman–Crippen LogP) is 4.68. The number of nitrogens with zero attached hydrogens (tertiary/aromatic N) is 3. The Morgan fingerprint density at radius 1 is 0.826 bits per heavy atom. The molecule has 4 rings (SSSR count). The van der Waals surface area contributed by atoms with E-state index in [0.29, 0.717) is 0 Å². The van der Waals surface area contributed by atoms with Gasteiger partial charge in [0.15, 0.2) is 5.65 Å². The fourth-order valence-electron chi connectivity index (χ4n) is 2.84. The second-order valence-corrected chi connectivity index (χ2v) is 5.81. The fourth-order valence-corrected chi connectivity index (χ4v) is 2.84. The summed E-state index contributed by atoms with van der Waals surface area (Å²) in [6.45, 7) is 4.12. The molecule has 0 bridgehead atoms. The van der Waals surface area contributed by atoms with Crippen molar-refractivity contribution < 1.29 is 0 Å². The molecule has 3 heteroatoms. The van der Waals surface area contributed by atoms with E-state index in [9.17, 15) is 0 Å². The first-order valence-corrected chi connectivity index (χ1v) is 7.70. The number of rotatable bonds is 2. The van der Waals surface area contributed by atoms with Crippen molar-refractivity contribution in [2.45, 2.75) is 13.8 Å². The standard InChI is InChI=1S/C20H17N3/c1-14-8-10-16(11-9-14)18-13-21-23-19(12-15(2)22-20(18)23)17-6-4-3-5-7-17/h3-13H,1-2H3. The summed E-state index contributed by atoms with van der Waals surface area (Å²) in [7, 11) is 0. The van der Waals surface area contributed by atoms with Crippen molar-refractivity contribution >= 4 is 5.65 Å². The Balaban J connectivity index is 1.97. The summed E-state index contributed by atoms with van der Waals surface area (Å²) < 4.78 is 1.93. The van der Waals surface area contributed by atoms with Gasteiger partial charge in [-0.15, -0.1) is 0 Å². The second-order valence-electron chi connectivity index (χ2n) is 5.81. The van der Waals surface area contributed by atoms with E-state index in [1.807, 2.05) is 35.8 Å². The van der Waals surface area contributed by atoms with Crippen molar-refractivity contribution in [2.24, 2.45) is 0 Å². The lowest BCUT2D eigenvalue weighted by atomic mass is 10.1. The predicted molar refractivity (Wildman–Crippen MR) is 93.3 cm³/mol. The normalized spacial score (nSPS) is 11.0. The third kappa shape index (κ3) is 2.40. The molecular weight excluding hydrogens is 282 g/mol. The van der Waals surface area contributed by atoms with Crippen LogP contribution in [0.2, 0.25) is 0 Å². The maximum atomic E-state index is 4.72. The van der Waals surface area contributed by atoms with E-state index >= 15 is 0 Å². The molecule has 0 aliphatic heterocycles. The lowest BCUT2D eigenvalue weighted by molar-refractivity contribution is 0.938. The zero-order chi connectivity index (χ0) is 15.8. The van der Waals surface area contributed by atoms with Crippen LogP contribution < -0.4 is 0 Å². The average molecular weight is 299 g/mol. The Labute approximate surface area is 135 Å². The van der Waals surface area contributed by atoms with Crippen LogP contribution in [-0.4, -0.2) is 14.6 Å². The zero-order valence-electron chi connectivity index (χ0n) is 13.2. The quantitative estimate of drug-likeness (QED) is 0.538. The van der Waals surface area contributed by atoms with Gasteiger partial charge in [0.2, 0.25) is 0 Å². The summed E-state index contributed by atoms with van der Waals surface area (Å²) in [5.74, 6) is 0. The van der Waals surface area contributed by atoms with Crippen molar-refractivity contribution in [3.05, 3.63) is 78.1 Å². The van der Waals surface area contributed by atoms with Gasteiger partial charge >= 0.3 is 0 Å². The molecule has 0 N–H and O–H groups in total. The molecule has 4 aromatic rings. The summed E-state index contributed by atoms with van der Waals surface area (Å²) in [4.78, 5) is 4.72. The third-order valence-electron chi connectivity index (χ3n) is 4.03. The highest BCUT2D eigenvalue weighted by Gasteiger charge is 2.12. The molecule has 0 saturated carbocycles. The Bertz CT molecular complexity index is 967. The molecule has 112 valence electrons. The van der Waals surface area contributed by atoms with Crippen LogP contribution in [0.15, 0.2) is 66.9 Å². The van der Waals surface area contributed by atoms with Gasteiger partial charge in [-0.25, -0.2) is 9.50 Å². The lowest BCUT2D eigenvalue weighted by Gasteiger charge is -2.07. The number of hydrogen-bond acceptors (Lipinski definition) is 2. The van der Waals surface area contributed by atoms with Crippen molar-refractivity contribution in [1.82, 2.24) is 14.6 Å². The third-order valence-corrected chi connectivity index (χ3v) is 4.03. The van der Waals surface area contributed by atoms with Crippen LogP contribution in [0, 0.1) is 13.8 Å². The molecule has 0 fully saturated rings. The number of fused-ring (bicyclic) bond motifs is 1. The first kappa shape index (κ1) is 13.7. The van der Waals surface area contributed by atoms with E-state index in [4.69, 9.17) is 4.98 Å². The van der Waals surface area contributed by atoms with Crippen LogP contribution in [0.25, 0.3) is 28.0 Å². The topological polar surface area (TPSA) is 30.2 Å². The van der Waals surface area contributed by atoms with E-state index in [1.165, 1.54) is 5.56 Å². The minimum absolute atomic E-state index is 0.896. The Hall–Kier alpha value is -2.94. The van der Waals surface area contributed by atoms with Gasteiger partial charge in [0.05, 0.1) is 11.9 Å². The molecule has 0 aliphatic rings. The number of aryl methyl sites for hydroxylation is 2. The van der Waals surface area contributed by atoms with Crippen LogP contribution in [0.3, 0.4) is 0 Å². The smallest absolute Gasteiger partial charge is 0.163 e. The molecular formula is C20H17N3. The van der Waals surface area contributed by atoms with Crippen molar-refractivity contribution in [3.8, 4) is 22.4 Å². The largest absolute Gasteiger partial charge is 0.233 e. The summed E-state index contributed by atoms with van der Waals surface area (Å²) >= 11 is 0. The molecule has 3 nitrogen and oxygen atoms in total. The monoisotopic (exact) mass is 299 g/mol. The molecule has 0 radical (unpaired) electrons. The average Bonchev–Trinajstić information content (AvgIpc) is 2.99. The molecule has 0 unspecified atom stereocenters. The fraction of sp³-hybridized carbons (Fsp3) is 0.100. The van der Waals surface area contributed by atoms with Crippen LogP contribution in [0.1, 0.15) is 11.3 Å². The Morgan fingerprint density at radius 2 is 1.57 bits per heavy atom. The van der Waals surface area contributed by atoms with Crippen LogP contribution in [0.4, 0.5) is 0 Å². The van der Waals surface area contributed by atoms with Crippen LogP contribution in [-0.2, 0) is 0 Å². The Morgan fingerprint density at radius 3 is 2.30 bits per heavy atom. The van der Waals surface area contributed by atoms with E-state index in [0.717, 1.165) is 33.7 Å². The maximum absolute atomic E-state index is 4.72. The molecule has 2 aromatic carbocycles.